The van der Waals surface area contributed by atoms with Gasteiger partial charge in [-0.1, -0.05) is 27.7 Å². The van der Waals surface area contributed by atoms with Crippen molar-refractivity contribution in [1.82, 2.24) is 0 Å². The molecule has 1 unspecified atom stereocenters. The van der Waals surface area contributed by atoms with Crippen LogP contribution in [0.3, 0.4) is 0 Å². The molecule has 0 fully saturated rings. The standard InChI is InChI=1S/C27H36O5/c1-17-11-23-19(13-21(17)29)25(3,4)15-27(31-23)16-26(5,6)20-14-22(30-10-8-7-9-28)18(2)12-24(20)32-27/h11-14,28-29H,7-10,15-16H2,1-6H3. The highest BCUT2D eigenvalue weighted by molar-refractivity contribution is 5.53. The van der Waals surface area contributed by atoms with E-state index in [1.807, 2.05) is 26.0 Å². The molecule has 0 amide bonds. The van der Waals surface area contributed by atoms with Crippen LogP contribution in [0.5, 0.6) is 23.0 Å². The number of benzene rings is 2. The Morgan fingerprint density at radius 1 is 0.844 bits per heavy atom. The van der Waals surface area contributed by atoms with Crippen molar-refractivity contribution in [2.24, 2.45) is 0 Å². The Kier molecular flexibility index (Phi) is 5.61. The van der Waals surface area contributed by atoms with E-state index in [1.165, 1.54) is 0 Å². The van der Waals surface area contributed by atoms with Crippen molar-refractivity contribution >= 4 is 0 Å². The number of ether oxygens (including phenoxy) is 3. The van der Waals surface area contributed by atoms with Crippen molar-refractivity contribution < 1.29 is 24.4 Å². The normalized spacial score (nSPS) is 22.5. The van der Waals surface area contributed by atoms with Gasteiger partial charge in [-0.2, -0.15) is 0 Å². The van der Waals surface area contributed by atoms with Crippen LogP contribution in [-0.4, -0.2) is 29.2 Å². The predicted octanol–water partition coefficient (Wildman–Crippen LogP) is 5.68. The van der Waals surface area contributed by atoms with E-state index in [4.69, 9.17) is 19.3 Å². The van der Waals surface area contributed by atoms with Crippen molar-refractivity contribution in [3.05, 3.63) is 46.5 Å². The monoisotopic (exact) mass is 440 g/mol. The Morgan fingerprint density at radius 3 is 2.00 bits per heavy atom. The zero-order valence-corrected chi connectivity index (χ0v) is 20.2. The molecule has 0 saturated heterocycles. The molecule has 2 aromatic carbocycles. The van der Waals surface area contributed by atoms with Crippen LogP contribution in [-0.2, 0) is 10.8 Å². The summed E-state index contributed by atoms with van der Waals surface area (Å²) in [7, 11) is 0. The lowest BCUT2D eigenvalue weighted by Gasteiger charge is -2.51. The van der Waals surface area contributed by atoms with Crippen LogP contribution < -0.4 is 14.2 Å². The molecule has 0 radical (unpaired) electrons. The Balaban J connectivity index is 1.69. The van der Waals surface area contributed by atoms with E-state index in [2.05, 4.69) is 39.8 Å². The van der Waals surface area contributed by atoms with Crippen LogP contribution in [0.2, 0.25) is 0 Å². The smallest absolute Gasteiger partial charge is 0.252 e. The molecule has 1 atom stereocenters. The van der Waals surface area contributed by atoms with Gasteiger partial charge in [-0.3, -0.25) is 0 Å². The lowest BCUT2D eigenvalue weighted by molar-refractivity contribution is -0.166. The van der Waals surface area contributed by atoms with Gasteiger partial charge in [0.05, 0.1) is 6.61 Å². The third-order valence-corrected chi connectivity index (χ3v) is 6.86. The maximum absolute atomic E-state index is 10.3. The molecule has 5 heteroatoms. The summed E-state index contributed by atoms with van der Waals surface area (Å²) in [5.74, 6) is 2.03. The van der Waals surface area contributed by atoms with Crippen LogP contribution >= 0.6 is 0 Å². The number of rotatable bonds is 5. The number of aromatic hydroxyl groups is 1. The first-order valence-electron chi connectivity index (χ1n) is 11.6. The summed E-state index contributed by atoms with van der Waals surface area (Å²) in [6.07, 6.45) is 2.97. The van der Waals surface area contributed by atoms with Gasteiger partial charge in [-0.05, 0) is 62.1 Å². The molecule has 2 aliphatic rings. The molecule has 0 aliphatic carbocycles. The molecule has 2 N–H and O–H groups in total. The van der Waals surface area contributed by atoms with Crippen molar-refractivity contribution in [2.45, 2.75) is 83.8 Å². The van der Waals surface area contributed by atoms with Crippen molar-refractivity contribution in [3.63, 3.8) is 0 Å². The Bertz CT molecular complexity index is 1020. The summed E-state index contributed by atoms with van der Waals surface area (Å²) in [5.41, 5.74) is 3.57. The molecule has 1 spiro atoms. The van der Waals surface area contributed by atoms with Crippen LogP contribution in [0.1, 0.15) is 75.6 Å². The molecular weight excluding hydrogens is 404 g/mol. The zero-order chi connectivity index (χ0) is 23.3. The van der Waals surface area contributed by atoms with Crippen LogP contribution in [0.15, 0.2) is 24.3 Å². The fourth-order valence-corrected chi connectivity index (χ4v) is 5.28. The first-order valence-corrected chi connectivity index (χ1v) is 11.6. The molecule has 0 bridgehead atoms. The second-order valence-corrected chi connectivity index (χ2v) is 10.8. The summed E-state index contributed by atoms with van der Waals surface area (Å²) in [4.78, 5) is 0. The van der Waals surface area contributed by atoms with Gasteiger partial charge in [-0.15, -0.1) is 0 Å². The number of hydrogen-bond acceptors (Lipinski definition) is 5. The quantitative estimate of drug-likeness (QED) is 0.586. The Morgan fingerprint density at radius 2 is 1.41 bits per heavy atom. The number of hydrogen-bond donors (Lipinski definition) is 2. The van der Waals surface area contributed by atoms with Crippen LogP contribution in [0.4, 0.5) is 0 Å². The topological polar surface area (TPSA) is 68.2 Å². The van der Waals surface area contributed by atoms with Gasteiger partial charge in [0.1, 0.15) is 23.0 Å². The van der Waals surface area contributed by atoms with E-state index in [0.717, 1.165) is 52.3 Å². The minimum absolute atomic E-state index is 0.177. The Labute approximate surface area is 191 Å². The summed E-state index contributed by atoms with van der Waals surface area (Å²) >= 11 is 0. The first-order chi connectivity index (χ1) is 15.0. The lowest BCUT2D eigenvalue weighted by Crippen LogP contribution is -2.55. The lowest BCUT2D eigenvalue weighted by atomic mass is 9.69. The number of unbranched alkanes of at least 4 members (excludes halogenated alkanes) is 1. The van der Waals surface area contributed by atoms with E-state index in [1.54, 1.807) is 0 Å². The molecule has 2 heterocycles. The summed E-state index contributed by atoms with van der Waals surface area (Å²) in [6.45, 7) is 13.5. The molecule has 5 nitrogen and oxygen atoms in total. The van der Waals surface area contributed by atoms with Gasteiger partial charge in [0.25, 0.3) is 5.79 Å². The molecule has 2 aliphatic heterocycles. The molecular formula is C27H36O5. The second kappa shape index (κ2) is 7.87. The molecule has 4 rings (SSSR count). The van der Waals surface area contributed by atoms with Crippen LogP contribution in [0.25, 0.3) is 0 Å². The van der Waals surface area contributed by atoms with Gasteiger partial charge in [0.2, 0.25) is 0 Å². The van der Waals surface area contributed by atoms with Gasteiger partial charge in [0.15, 0.2) is 0 Å². The second-order valence-electron chi connectivity index (χ2n) is 10.8. The third-order valence-electron chi connectivity index (χ3n) is 6.86. The van der Waals surface area contributed by atoms with Gasteiger partial charge >= 0.3 is 0 Å². The average Bonchev–Trinajstić information content (AvgIpc) is 2.66. The summed E-state index contributed by atoms with van der Waals surface area (Å²) < 4.78 is 19.3. The largest absolute Gasteiger partial charge is 0.508 e. The molecule has 0 aromatic heterocycles. The maximum atomic E-state index is 10.3. The molecule has 2 aromatic rings. The maximum Gasteiger partial charge on any atom is 0.252 e. The number of aryl methyl sites for hydroxylation is 2. The average molecular weight is 441 g/mol. The van der Waals surface area contributed by atoms with Gasteiger partial charge in [-0.25, -0.2) is 0 Å². The van der Waals surface area contributed by atoms with Crippen molar-refractivity contribution in [3.8, 4) is 23.0 Å². The Hall–Kier alpha value is -2.40. The highest BCUT2D eigenvalue weighted by atomic mass is 16.7. The van der Waals surface area contributed by atoms with Crippen molar-refractivity contribution in [1.29, 1.82) is 0 Å². The third kappa shape index (κ3) is 4.03. The summed E-state index contributed by atoms with van der Waals surface area (Å²) in [5, 5.41) is 19.3. The van der Waals surface area contributed by atoms with E-state index in [0.29, 0.717) is 25.2 Å². The molecule has 0 saturated carbocycles. The number of phenols is 1. The minimum atomic E-state index is -0.771. The van der Waals surface area contributed by atoms with Crippen LogP contribution in [0, 0.1) is 13.8 Å². The van der Waals surface area contributed by atoms with Gasteiger partial charge in [0, 0.05) is 41.4 Å². The molecule has 174 valence electrons. The van der Waals surface area contributed by atoms with E-state index in [9.17, 15) is 5.11 Å². The van der Waals surface area contributed by atoms with E-state index >= 15 is 0 Å². The highest BCUT2D eigenvalue weighted by Crippen LogP contribution is 2.55. The first kappa shape index (κ1) is 22.8. The number of aliphatic hydroxyl groups is 1. The number of fused-ring (bicyclic) bond motifs is 2. The fourth-order valence-electron chi connectivity index (χ4n) is 5.28. The molecule has 32 heavy (non-hydrogen) atoms. The van der Waals surface area contributed by atoms with E-state index in [-0.39, 0.29) is 17.4 Å². The minimum Gasteiger partial charge on any atom is -0.508 e. The number of phenolic OH excluding ortho intramolecular Hbond substituents is 1. The predicted molar refractivity (Wildman–Crippen MR) is 125 cm³/mol. The highest BCUT2D eigenvalue weighted by Gasteiger charge is 2.53. The van der Waals surface area contributed by atoms with E-state index < -0.39 is 5.79 Å². The van der Waals surface area contributed by atoms with Gasteiger partial charge < -0.3 is 24.4 Å². The number of aliphatic hydroxyl groups excluding tert-OH is 1. The zero-order valence-electron chi connectivity index (χ0n) is 20.2. The van der Waals surface area contributed by atoms with Crippen molar-refractivity contribution in [2.75, 3.05) is 13.2 Å². The fraction of sp³-hybridized carbons (Fsp3) is 0.556. The SMILES string of the molecule is Cc1cc2c(cc1O)C(C)(C)CC1(CC(C)(C)c3cc(OCCCCO)c(C)cc3O1)O2. The summed E-state index contributed by atoms with van der Waals surface area (Å²) in [6, 6.07) is 7.94.